The van der Waals surface area contributed by atoms with Crippen molar-refractivity contribution in [2.75, 3.05) is 6.54 Å². The van der Waals surface area contributed by atoms with Crippen molar-refractivity contribution < 1.29 is 9.18 Å². The van der Waals surface area contributed by atoms with E-state index in [4.69, 9.17) is 0 Å². The topological polar surface area (TPSA) is 92.7 Å². The van der Waals surface area contributed by atoms with Gasteiger partial charge in [0, 0.05) is 30.6 Å². The zero-order valence-electron chi connectivity index (χ0n) is 14.5. The van der Waals surface area contributed by atoms with Crippen LogP contribution in [0.5, 0.6) is 0 Å². The van der Waals surface area contributed by atoms with Crippen molar-refractivity contribution in [2.45, 2.75) is 25.3 Å². The van der Waals surface area contributed by atoms with Crippen LogP contribution in [0.1, 0.15) is 34.9 Å². The summed E-state index contributed by atoms with van der Waals surface area (Å²) in [5, 5.41) is 9.49. The van der Waals surface area contributed by atoms with Gasteiger partial charge < -0.3 is 5.32 Å². The molecule has 0 saturated heterocycles. The van der Waals surface area contributed by atoms with Crippen LogP contribution in [-0.4, -0.2) is 32.2 Å². The van der Waals surface area contributed by atoms with E-state index in [0.29, 0.717) is 29.4 Å². The normalized spacial score (nSPS) is 13.5. The average molecular weight is 367 g/mol. The molecule has 1 amide bonds. The fraction of sp³-hybridized carbons (Fsp3) is 0.263. The zero-order chi connectivity index (χ0) is 18.8. The van der Waals surface area contributed by atoms with Crippen LogP contribution in [0, 0.1) is 5.82 Å². The average Bonchev–Trinajstić information content (AvgIpc) is 3.40. The second kappa shape index (κ2) is 7.14. The van der Waals surface area contributed by atoms with Gasteiger partial charge >= 0.3 is 0 Å². The first-order valence-electron chi connectivity index (χ1n) is 8.76. The van der Waals surface area contributed by atoms with Gasteiger partial charge in [0.15, 0.2) is 0 Å². The Morgan fingerprint density at radius 2 is 2.04 bits per heavy atom. The molecule has 138 valence electrons. The van der Waals surface area contributed by atoms with Crippen LogP contribution in [0.25, 0.3) is 11.3 Å². The van der Waals surface area contributed by atoms with E-state index in [1.807, 2.05) is 0 Å². The molecule has 0 spiro atoms. The molecule has 1 aromatic carbocycles. The predicted octanol–water partition coefficient (Wildman–Crippen LogP) is 2.08. The van der Waals surface area contributed by atoms with E-state index < -0.39 is 0 Å². The first-order chi connectivity index (χ1) is 13.1. The fourth-order valence-corrected chi connectivity index (χ4v) is 2.80. The van der Waals surface area contributed by atoms with Crippen molar-refractivity contribution in [2.24, 2.45) is 0 Å². The van der Waals surface area contributed by atoms with Gasteiger partial charge in [0.1, 0.15) is 11.5 Å². The Morgan fingerprint density at radius 1 is 1.26 bits per heavy atom. The van der Waals surface area contributed by atoms with E-state index in [1.54, 1.807) is 24.3 Å². The number of H-pyrrole nitrogens is 1. The third-order valence-electron chi connectivity index (χ3n) is 4.50. The minimum absolute atomic E-state index is 0.110. The van der Waals surface area contributed by atoms with Gasteiger partial charge in [-0.15, -0.1) is 0 Å². The largest absolute Gasteiger partial charge is 0.349 e. The summed E-state index contributed by atoms with van der Waals surface area (Å²) in [6.45, 7) is 0.621. The van der Waals surface area contributed by atoms with Crippen molar-refractivity contribution in [3.8, 4) is 11.3 Å². The van der Waals surface area contributed by atoms with E-state index in [9.17, 15) is 14.0 Å². The number of hydrogen-bond donors (Lipinski definition) is 2. The summed E-state index contributed by atoms with van der Waals surface area (Å²) in [6, 6.07) is 9.04. The zero-order valence-corrected chi connectivity index (χ0v) is 14.5. The summed E-state index contributed by atoms with van der Waals surface area (Å²) >= 11 is 0. The summed E-state index contributed by atoms with van der Waals surface area (Å²) in [4.78, 5) is 28.6. The Kier molecular flexibility index (Phi) is 4.53. The molecule has 0 radical (unpaired) electrons. The van der Waals surface area contributed by atoms with Gasteiger partial charge in [-0.3, -0.25) is 19.3 Å². The number of amides is 1. The molecule has 2 heterocycles. The Labute approximate surface area is 154 Å². The molecule has 2 aromatic heterocycles. The number of aromatic amines is 1. The lowest BCUT2D eigenvalue weighted by molar-refractivity contribution is 0.0947. The number of hydrogen-bond acceptors (Lipinski definition) is 4. The summed E-state index contributed by atoms with van der Waals surface area (Å²) in [7, 11) is 0. The van der Waals surface area contributed by atoms with E-state index in [-0.39, 0.29) is 23.8 Å². The second-order valence-electron chi connectivity index (χ2n) is 6.55. The third-order valence-corrected chi connectivity index (χ3v) is 4.50. The van der Waals surface area contributed by atoms with Gasteiger partial charge in [-0.2, -0.15) is 5.10 Å². The van der Waals surface area contributed by atoms with Gasteiger partial charge in [0.2, 0.25) is 0 Å². The fourth-order valence-electron chi connectivity index (χ4n) is 2.80. The molecular formula is C19H18FN5O2. The predicted molar refractivity (Wildman–Crippen MR) is 96.8 cm³/mol. The minimum Gasteiger partial charge on any atom is -0.349 e. The quantitative estimate of drug-likeness (QED) is 0.698. The molecule has 2 N–H and O–H groups in total. The number of rotatable bonds is 6. The Bertz CT molecular complexity index is 1020. The highest BCUT2D eigenvalue weighted by Gasteiger charge is 2.25. The Balaban J connectivity index is 1.34. The summed E-state index contributed by atoms with van der Waals surface area (Å²) in [5.74, 6) is -0.226. The van der Waals surface area contributed by atoms with E-state index in [2.05, 4.69) is 20.5 Å². The van der Waals surface area contributed by atoms with Crippen molar-refractivity contribution in [1.82, 2.24) is 25.1 Å². The number of benzene rings is 1. The molecular weight excluding hydrogens is 349 g/mol. The van der Waals surface area contributed by atoms with Crippen LogP contribution >= 0.6 is 0 Å². The molecule has 0 bridgehead atoms. The Hall–Kier alpha value is -3.29. The van der Waals surface area contributed by atoms with E-state index >= 15 is 0 Å². The number of nitrogens with zero attached hydrogens (tertiary/aromatic N) is 3. The number of aromatic nitrogens is 4. The molecule has 3 aromatic rings. The lowest BCUT2D eigenvalue weighted by atomic mass is 10.1. The van der Waals surface area contributed by atoms with Crippen LogP contribution in [0.2, 0.25) is 0 Å². The monoisotopic (exact) mass is 367 g/mol. The second-order valence-corrected chi connectivity index (χ2v) is 6.55. The lowest BCUT2D eigenvalue weighted by Gasteiger charge is -2.07. The first kappa shape index (κ1) is 17.1. The highest BCUT2D eigenvalue weighted by atomic mass is 19.1. The van der Waals surface area contributed by atoms with E-state index in [1.165, 1.54) is 23.0 Å². The van der Waals surface area contributed by atoms with Crippen molar-refractivity contribution in [3.05, 3.63) is 70.3 Å². The van der Waals surface area contributed by atoms with Gasteiger partial charge in [-0.25, -0.2) is 9.37 Å². The Morgan fingerprint density at radius 3 is 2.74 bits per heavy atom. The molecule has 1 aliphatic carbocycles. The molecule has 0 aliphatic heterocycles. The highest BCUT2D eigenvalue weighted by molar-refractivity contribution is 5.93. The highest BCUT2D eigenvalue weighted by Crippen LogP contribution is 2.38. The molecule has 7 nitrogen and oxygen atoms in total. The number of halogens is 1. The summed E-state index contributed by atoms with van der Waals surface area (Å²) in [6.07, 6.45) is 3.72. The minimum atomic E-state index is -0.331. The molecule has 1 aliphatic rings. The van der Waals surface area contributed by atoms with E-state index in [0.717, 1.165) is 18.5 Å². The number of nitrogens with one attached hydrogen (secondary N) is 2. The molecule has 0 atom stereocenters. The van der Waals surface area contributed by atoms with Crippen LogP contribution < -0.4 is 10.9 Å². The maximum absolute atomic E-state index is 13.0. The van der Waals surface area contributed by atoms with Crippen LogP contribution in [0.15, 0.2) is 47.5 Å². The molecule has 1 fully saturated rings. The lowest BCUT2D eigenvalue weighted by Crippen LogP contribution is -2.31. The summed E-state index contributed by atoms with van der Waals surface area (Å²) in [5.41, 5.74) is 2.30. The SMILES string of the molecule is O=C(NCCn1cnc(C2CC2)cc1=O)c1cc(-c2ccc(F)cc2)n[nH]1. The van der Waals surface area contributed by atoms with Gasteiger partial charge in [-0.05, 0) is 43.2 Å². The van der Waals surface area contributed by atoms with Crippen molar-refractivity contribution in [3.63, 3.8) is 0 Å². The van der Waals surface area contributed by atoms with Crippen LogP contribution in [-0.2, 0) is 6.54 Å². The first-order valence-corrected chi connectivity index (χ1v) is 8.76. The number of carbonyl (C=O) groups is 1. The third kappa shape index (κ3) is 3.94. The van der Waals surface area contributed by atoms with Crippen LogP contribution in [0.4, 0.5) is 4.39 Å². The van der Waals surface area contributed by atoms with Gasteiger partial charge in [0.25, 0.3) is 11.5 Å². The summed E-state index contributed by atoms with van der Waals surface area (Å²) < 4.78 is 14.5. The van der Waals surface area contributed by atoms with Gasteiger partial charge in [-0.1, -0.05) is 0 Å². The molecule has 1 saturated carbocycles. The molecule has 0 unspecified atom stereocenters. The molecule has 27 heavy (non-hydrogen) atoms. The van der Waals surface area contributed by atoms with Gasteiger partial charge in [0.05, 0.1) is 17.7 Å². The molecule has 8 heteroatoms. The smallest absolute Gasteiger partial charge is 0.269 e. The molecule has 4 rings (SSSR count). The van der Waals surface area contributed by atoms with Crippen molar-refractivity contribution in [1.29, 1.82) is 0 Å². The maximum atomic E-state index is 13.0. The standard InChI is InChI=1S/C19H18FN5O2/c20-14-5-3-13(4-6-14)16-9-17(24-23-16)19(27)21-7-8-25-11-22-15(10-18(25)26)12-1-2-12/h3-6,9-12H,1-2,7-8H2,(H,21,27)(H,23,24). The van der Waals surface area contributed by atoms with Crippen LogP contribution in [0.3, 0.4) is 0 Å². The van der Waals surface area contributed by atoms with Crippen molar-refractivity contribution >= 4 is 5.91 Å². The number of carbonyl (C=O) groups excluding carboxylic acids is 1. The maximum Gasteiger partial charge on any atom is 0.269 e.